The van der Waals surface area contributed by atoms with Gasteiger partial charge in [-0.1, -0.05) is 12.1 Å². The van der Waals surface area contributed by atoms with E-state index in [1.807, 2.05) is 42.8 Å². The van der Waals surface area contributed by atoms with E-state index in [4.69, 9.17) is 9.47 Å². The van der Waals surface area contributed by atoms with Gasteiger partial charge in [-0.3, -0.25) is 4.79 Å². The summed E-state index contributed by atoms with van der Waals surface area (Å²) in [4.78, 5) is 12.1. The summed E-state index contributed by atoms with van der Waals surface area (Å²) in [6.07, 6.45) is 3.43. The second-order valence-electron chi connectivity index (χ2n) is 7.12. The minimum atomic E-state index is -0.358. The van der Waals surface area contributed by atoms with Gasteiger partial charge >= 0.3 is 0 Å². The summed E-state index contributed by atoms with van der Waals surface area (Å²) in [6, 6.07) is 11.4. The maximum atomic E-state index is 12.1. The summed E-state index contributed by atoms with van der Waals surface area (Å²) in [5, 5.41) is 8.49. The summed E-state index contributed by atoms with van der Waals surface area (Å²) in [5.41, 5.74) is 5.48. The lowest BCUT2D eigenvalue weighted by Crippen LogP contribution is -2.24. The number of ether oxygens (including phenoxy) is 2. The second-order valence-corrected chi connectivity index (χ2v) is 7.12. The molecule has 0 fully saturated rings. The molecule has 1 amide bonds. The van der Waals surface area contributed by atoms with Crippen LogP contribution in [0.2, 0.25) is 0 Å². The van der Waals surface area contributed by atoms with E-state index in [0.717, 1.165) is 22.8 Å². The lowest BCUT2D eigenvalue weighted by atomic mass is 10.3. The Kier molecular flexibility index (Phi) is 6.56. The van der Waals surface area contributed by atoms with Crippen LogP contribution in [0.15, 0.2) is 47.7 Å². The molecule has 0 aliphatic rings. The molecule has 2 aromatic heterocycles. The normalized spacial score (nSPS) is 11.3. The molecule has 1 aromatic carbocycles. The quantitative estimate of drug-likeness (QED) is 0.457. The molecule has 0 bridgehead atoms. The monoisotopic (exact) mass is 409 g/mol. The first-order valence-electron chi connectivity index (χ1n) is 9.73. The van der Waals surface area contributed by atoms with Gasteiger partial charge in [0, 0.05) is 29.1 Å². The third-order valence-corrected chi connectivity index (χ3v) is 4.66. The van der Waals surface area contributed by atoms with E-state index in [1.165, 1.54) is 0 Å². The Balaban J connectivity index is 1.65. The van der Waals surface area contributed by atoms with E-state index in [0.29, 0.717) is 11.5 Å². The van der Waals surface area contributed by atoms with Gasteiger partial charge in [-0.15, -0.1) is 0 Å². The third kappa shape index (κ3) is 4.53. The topological polar surface area (TPSA) is 82.7 Å². The average molecular weight is 409 g/mol. The molecule has 0 saturated heterocycles. The van der Waals surface area contributed by atoms with Crippen molar-refractivity contribution in [3.63, 3.8) is 0 Å². The molecule has 0 saturated carbocycles. The molecule has 2 heterocycles. The predicted molar refractivity (Wildman–Crippen MR) is 116 cm³/mol. The molecule has 3 rings (SSSR count). The minimum absolute atomic E-state index is 0.162. The van der Waals surface area contributed by atoms with Crippen molar-refractivity contribution < 1.29 is 14.3 Å². The van der Waals surface area contributed by atoms with Crippen LogP contribution in [0.3, 0.4) is 0 Å². The van der Waals surface area contributed by atoms with Gasteiger partial charge < -0.3 is 14.0 Å². The highest BCUT2D eigenvalue weighted by Crippen LogP contribution is 2.25. The van der Waals surface area contributed by atoms with Crippen molar-refractivity contribution in [3.05, 3.63) is 59.5 Å². The Labute approximate surface area is 176 Å². The molecule has 30 heavy (non-hydrogen) atoms. The van der Waals surface area contributed by atoms with Gasteiger partial charge in [-0.2, -0.15) is 10.2 Å². The van der Waals surface area contributed by atoms with Crippen LogP contribution in [-0.2, 0) is 4.79 Å². The SMILES string of the molecule is COc1ccccc1OCC(=O)N/N=C\c1cc(C)n(-c2ccnn2C(C)C)c1C. The molecular formula is C22H27N5O3. The Morgan fingerprint density at radius 1 is 1.23 bits per heavy atom. The number of methoxy groups -OCH3 is 1. The summed E-state index contributed by atoms with van der Waals surface area (Å²) in [7, 11) is 1.55. The molecule has 8 heteroatoms. The number of hydrogen-bond donors (Lipinski definition) is 1. The van der Waals surface area contributed by atoms with E-state index >= 15 is 0 Å². The lowest BCUT2D eigenvalue weighted by molar-refractivity contribution is -0.123. The molecule has 0 radical (unpaired) electrons. The molecule has 0 aliphatic carbocycles. The number of carbonyl (C=O) groups excluding carboxylic acids is 1. The number of nitrogens with one attached hydrogen (secondary N) is 1. The van der Waals surface area contributed by atoms with E-state index in [-0.39, 0.29) is 18.6 Å². The molecule has 8 nitrogen and oxygen atoms in total. The number of carbonyl (C=O) groups is 1. The number of nitrogens with zero attached hydrogens (tertiary/aromatic N) is 4. The summed E-state index contributed by atoms with van der Waals surface area (Å²) >= 11 is 0. The maximum Gasteiger partial charge on any atom is 0.277 e. The maximum absolute atomic E-state index is 12.1. The van der Waals surface area contributed by atoms with Crippen LogP contribution >= 0.6 is 0 Å². The molecule has 3 aromatic rings. The highest BCUT2D eigenvalue weighted by molar-refractivity contribution is 5.84. The number of rotatable bonds is 8. The standard InChI is InChI=1S/C22H27N5O3/c1-15(2)27-22(10-11-24-27)26-16(3)12-18(17(26)4)13-23-25-21(28)14-30-20-9-7-6-8-19(20)29-5/h6-13,15H,14H2,1-5H3,(H,25,28)/b23-13-. The fraction of sp³-hybridized carbons (Fsp3) is 0.318. The molecular weight excluding hydrogens is 382 g/mol. The van der Waals surface area contributed by atoms with Gasteiger partial charge in [-0.05, 0) is 45.9 Å². The average Bonchev–Trinajstić information content (AvgIpc) is 3.31. The lowest BCUT2D eigenvalue weighted by Gasteiger charge is -2.15. The predicted octanol–water partition coefficient (Wildman–Crippen LogP) is 3.41. The van der Waals surface area contributed by atoms with Crippen LogP contribution < -0.4 is 14.9 Å². The number of benzene rings is 1. The first-order valence-corrected chi connectivity index (χ1v) is 9.73. The highest BCUT2D eigenvalue weighted by atomic mass is 16.5. The second kappa shape index (κ2) is 9.30. The zero-order valence-corrected chi connectivity index (χ0v) is 17.9. The molecule has 1 N–H and O–H groups in total. The third-order valence-electron chi connectivity index (χ3n) is 4.66. The number of hydrazone groups is 1. The van der Waals surface area contributed by atoms with Crippen LogP contribution in [0.1, 0.15) is 36.8 Å². The van der Waals surface area contributed by atoms with E-state index < -0.39 is 0 Å². The van der Waals surface area contributed by atoms with Crippen LogP contribution in [-0.4, -0.2) is 40.2 Å². The van der Waals surface area contributed by atoms with Crippen molar-refractivity contribution >= 4 is 12.1 Å². The zero-order valence-electron chi connectivity index (χ0n) is 17.9. The minimum Gasteiger partial charge on any atom is -0.493 e. The van der Waals surface area contributed by atoms with Gasteiger partial charge in [0.25, 0.3) is 5.91 Å². The zero-order chi connectivity index (χ0) is 21.7. The van der Waals surface area contributed by atoms with Crippen molar-refractivity contribution in [1.29, 1.82) is 0 Å². The Morgan fingerprint density at radius 3 is 2.67 bits per heavy atom. The number of aromatic nitrogens is 3. The van der Waals surface area contributed by atoms with Crippen molar-refractivity contribution in [2.24, 2.45) is 5.10 Å². The van der Waals surface area contributed by atoms with E-state index in [2.05, 4.69) is 34.0 Å². The molecule has 0 spiro atoms. The number of amides is 1. The Bertz CT molecular complexity index is 1050. The van der Waals surface area contributed by atoms with Crippen molar-refractivity contribution in [2.45, 2.75) is 33.7 Å². The Morgan fingerprint density at radius 2 is 1.97 bits per heavy atom. The van der Waals surface area contributed by atoms with E-state index in [1.54, 1.807) is 31.7 Å². The summed E-state index contributed by atoms with van der Waals surface area (Å²) in [5.74, 6) is 1.71. The van der Waals surface area contributed by atoms with Gasteiger partial charge in [0.05, 0.1) is 19.5 Å². The number of para-hydroxylation sites is 2. The Hall–Kier alpha value is -3.55. The van der Waals surface area contributed by atoms with Gasteiger partial charge in [0.1, 0.15) is 5.82 Å². The van der Waals surface area contributed by atoms with Crippen molar-refractivity contribution in [2.75, 3.05) is 13.7 Å². The number of hydrogen-bond acceptors (Lipinski definition) is 5. The molecule has 0 atom stereocenters. The highest BCUT2D eigenvalue weighted by Gasteiger charge is 2.14. The van der Waals surface area contributed by atoms with Gasteiger partial charge in [0.2, 0.25) is 0 Å². The molecule has 158 valence electrons. The van der Waals surface area contributed by atoms with Gasteiger partial charge in [-0.25, -0.2) is 10.1 Å². The summed E-state index contributed by atoms with van der Waals surface area (Å²) < 4.78 is 14.8. The summed E-state index contributed by atoms with van der Waals surface area (Å²) in [6.45, 7) is 8.07. The first-order chi connectivity index (χ1) is 14.4. The van der Waals surface area contributed by atoms with Gasteiger partial charge in [0.15, 0.2) is 18.1 Å². The largest absolute Gasteiger partial charge is 0.493 e. The molecule has 0 unspecified atom stereocenters. The van der Waals surface area contributed by atoms with Crippen LogP contribution in [0.25, 0.3) is 5.82 Å². The van der Waals surface area contributed by atoms with Crippen molar-refractivity contribution in [3.8, 4) is 17.3 Å². The van der Waals surface area contributed by atoms with Crippen LogP contribution in [0.5, 0.6) is 11.5 Å². The van der Waals surface area contributed by atoms with E-state index in [9.17, 15) is 4.79 Å². The fourth-order valence-electron chi connectivity index (χ4n) is 3.24. The number of aryl methyl sites for hydroxylation is 1. The van der Waals surface area contributed by atoms with Crippen molar-refractivity contribution in [1.82, 2.24) is 19.8 Å². The van der Waals surface area contributed by atoms with Crippen LogP contribution in [0, 0.1) is 13.8 Å². The fourth-order valence-corrected chi connectivity index (χ4v) is 3.24. The van der Waals surface area contributed by atoms with Crippen LogP contribution in [0.4, 0.5) is 0 Å². The smallest absolute Gasteiger partial charge is 0.277 e. The molecule has 0 aliphatic heterocycles. The first kappa shape index (κ1) is 21.2.